The van der Waals surface area contributed by atoms with E-state index < -0.39 is 35.1 Å². The molecule has 3 aromatic carbocycles. The topological polar surface area (TPSA) is 90.4 Å². The van der Waals surface area contributed by atoms with E-state index in [0.29, 0.717) is 39.4 Å². The molecule has 2 N–H and O–H groups in total. The van der Waals surface area contributed by atoms with Crippen LogP contribution in [-0.2, 0) is 11.0 Å². The summed E-state index contributed by atoms with van der Waals surface area (Å²) in [6.07, 6.45) is -4.52. The fourth-order valence-corrected chi connectivity index (χ4v) is 4.58. The normalized spacial score (nSPS) is 15.6. The number of fused-ring (bicyclic) bond motifs is 2. The third-order valence-corrected chi connectivity index (χ3v) is 6.22. The maximum atomic E-state index is 14.2. The Kier molecular flexibility index (Phi) is 6.28. The number of aryl methyl sites for hydroxylation is 1. The van der Waals surface area contributed by atoms with Crippen molar-refractivity contribution in [3.63, 3.8) is 0 Å². The van der Waals surface area contributed by atoms with E-state index in [1.165, 1.54) is 17.0 Å². The van der Waals surface area contributed by atoms with Gasteiger partial charge < -0.3 is 10.3 Å². The number of amides is 2. The Labute approximate surface area is 222 Å². The van der Waals surface area contributed by atoms with Gasteiger partial charge in [-0.15, -0.1) is 0 Å². The lowest BCUT2D eigenvalue weighted by atomic mass is 9.94. The smallest absolute Gasteiger partial charge is 0.349 e. The molecule has 0 aliphatic carbocycles. The first kappa shape index (κ1) is 26.1. The highest BCUT2D eigenvalue weighted by molar-refractivity contribution is 6.27. The number of aliphatic imine (C=N–C) groups is 1. The van der Waals surface area contributed by atoms with E-state index in [1.807, 2.05) is 6.92 Å². The SMILES string of the molecule is Cc1nc2ccc(C(=O)N3c4ccccc4N=C(c4ccc(C(F)(F)F)cc4)C3C(=O)NC(C)(C)C)cc2[nH]1. The number of H-pyrrole nitrogens is 1. The molecule has 0 spiro atoms. The van der Waals surface area contributed by atoms with Crippen molar-refractivity contribution in [2.75, 3.05) is 4.90 Å². The number of hydrogen-bond acceptors (Lipinski definition) is 4. The summed E-state index contributed by atoms with van der Waals surface area (Å²) in [6.45, 7) is 7.22. The van der Waals surface area contributed by atoms with E-state index in [-0.39, 0.29) is 5.71 Å². The average Bonchev–Trinajstić information content (AvgIpc) is 3.25. The molecule has 7 nitrogen and oxygen atoms in total. The van der Waals surface area contributed by atoms with Crippen LogP contribution in [0.1, 0.15) is 48.1 Å². The number of carbonyl (C=O) groups is 2. The van der Waals surface area contributed by atoms with Crippen molar-refractivity contribution in [2.45, 2.75) is 45.5 Å². The second kappa shape index (κ2) is 9.37. The van der Waals surface area contributed by atoms with Gasteiger partial charge in [-0.2, -0.15) is 13.2 Å². The molecule has 1 aliphatic rings. The van der Waals surface area contributed by atoms with Crippen molar-refractivity contribution >= 4 is 39.9 Å². The van der Waals surface area contributed by atoms with Gasteiger partial charge in [0.15, 0.2) is 6.04 Å². The van der Waals surface area contributed by atoms with E-state index in [0.717, 1.165) is 12.1 Å². The van der Waals surface area contributed by atoms with Gasteiger partial charge in [0.25, 0.3) is 5.91 Å². The summed E-state index contributed by atoms with van der Waals surface area (Å²) in [5.74, 6) is -0.287. The maximum absolute atomic E-state index is 14.2. The molecule has 200 valence electrons. The number of carbonyl (C=O) groups excluding carboxylic acids is 2. The van der Waals surface area contributed by atoms with Crippen LogP contribution in [0.25, 0.3) is 11.0 Å². The quantitative estimate of drug-likeness (QED) is 0.341. The van der Waals surface area contributed by atoms with Crippen molar-refractivity contribution in [2.24, 2.45) is 4.99 Å². The van der Waals surface area contributed by atoms with Crippen LogP contribution in [0.4, 0.5) is 24.5 Å². The molecule has 0 radical (unpaired) electrons. The van der Waals surface area contributed by atoms with E-state index in [9.17, 15) is 22.8 Å². The van der Waals surface area contributed by atoms with Crippen LogP contribution in [0.3, 0.4) is 0 Å². The van der Waals surface area contributed by atoms with Gasteiger partial charge in [0, 0.05) is 11.1 Å². The van der Waals surface area contributed by atoms with Gasteiger partial charge in [0.1, 0.15) is 5.82 Å². The third kappa shape index (κ3) is 5.14. The molecule has 1 atom stereocenters. The molecule has 2 heterocycles. The number of anilines is 1. The average molecular weight is 534 g/mol. The number of aromatic amines is 1. The van der Waals surface area contributed by atoms with Crippen LogP contribution in [0.2, 0.25) is 0 Å². The van der Waals surface area contributed by atoms with E-state index in [1.54, 1.807) is 63.2 Å². The van der Waals surface area contributed by atoms with Crippen LogP contribution in [0.5, 0.6) is 0 Å². The number of imidazole rings is 1. The Morgan fingerprint density at radius 2 is 1.67 bits per heavy atom. The van der Waals surface area contributed by atoms with Crippen molar-refractivity contribution in [3.8, 4) is 0 Å². The number of para-hydroxylation sites is 2. The van der Waals surface area contributed by atoms with Gasteiger partial charge >= 0.3 is 6.18 Å². The molecule has 0 bridgehead atoms. The molecule has 0 fully saturated rings. The minimum atomic E-state index is -4.52. The summed E-state index contributed by atoms with van der Waals surface area (Å²) in [5, 5.41) is 2.91. The van der Waals surface area contributed by atoms with Crippen LogP contribution >= 0.6 is 0 Å². The van der Waals surface area contributed by atoms with Crippen molar-refractivity contribution in [3.05, 3.63) is 89.2 Å². The third-order valence-electron chi connectivity index (χ3n) is 6.22. The lowest BCUT2D eigenvalue weighted by molar-refractivity contribution is -0.137. The molecule has 2 amide bonds. The van der Waals surface area contributed by atoms with Crippen LogP contribution in [0, 0.1) is 6.92 Å². The Morgan fingerprint density at radius 1 is 0.974 bits per heavy atom. The Bertz CT molecular complexity index is 1610. The first-order valence-corrected chi connectivity index (χ1v) is 12.3. The van der Waals surface area contributed by atoms with Crippen molar-refractivity contribution in [1.29, 1.82) is 0 Å². The minimum absolute atomic E-state index is 0.163. The second-order valence-corrected chi connectivity index (χ2v) is 10.4. The monoisotopic (exact) mass is 533 g/mol. The van der Waals surface area contributed by atoms with E-state index >= 15 is 0 Å². The fourth-order valence-electron chi connectivity index (χ4n) is 4.58. The largest absolute Gasteiger partial charge is 0.416 e. The number of halogens is 3. The van der Waals surface area contributed by atoms with Crippen molar-refractivity contribution in [1.82, 2.24) is 15.3 Å². The Morgan fingerprint density at radius 3 is 2.33 bits per heavy atom. The van der Waals surface area contributed by atoms with Crippen LogP contribution < -0.4 is 10.2 Å². The fraction of sp³-hybridized carbons (Fsp3) is 0.241. The standard InChI is InChI=1S/C29H26F3N5O2/c1-16-33-20-14-11-18(15-22(20)34-16)27(39)37-23-8-6-5-7-21(23)35-24(25(37)26(38)36-28(2,3)4)17-9-12-19(13-10-17)29(30,31)32/h5-15,25H,1-4H3,(H,33,34)(H,36,38). The molecule has 39 heavy (non-hydrogen) atoms. The van der Waals surface area contributed by atoms with Crippen molar-refractivity contribution < 1.29 is 22.8 Å². The summed E-state index contributed by atoms with van der Waals surface area (Å²) in [5.41, 5.74) is 1.47. The van der Waals surface area contributed by atoms with Gasteiger partial charge in [-0.25, -0.2) is 9.98 Å². The predicted octanol–water partition coefficient (Wildman–Crippen LogP) is 5.95. The zero-order valence-corrected chi connectivity index (χ0v) is 21.7. The summed E-state index contributed by atoms with van der Waals surface area (Å²) >= 11 is 0. The maximum Gasteiger partial charge on any atom is 0.416 e. The summed E-state index contributed by atoms with van der Waals surface area (Å²) in [7, 11) is 0. The van der Waals surface area contributed by atoms with Gasteiger partial charge in [0.05, 0.1) is 33.7 Å². The number of alkyl halides is 3. The lowest BCUT2D eigenvalue weighted by Gasteiger charge is -2.37. The number of aromatic nitrogens is 2. The molecular weight excluding hydrogens is 507 g/mol. The molecule has 4 aromatic rings. The molecule has 0 saturated heterocycles. The van der Waals surface area contributed by atoms with Gasteiger partial charge in [0.2, 0.25) is 5.91 Å². The minimum Gasteiger partial charge on any atom is -0.349 e. The number of nitrogens with one attached hydrogen (secondary N) is 2. The molecule has 1 aliphatic heterocycles. The molecule has 0 saturated carbocycles. The summed E-state index contributed by atoms with van der Waals surface area (Å²) in [4.78, 5) is 41.5. The van der Waals surface area contributed by atoms with Gasteiger partial charge in [-0.1, -0.05) is 24.3 Å². The molecule has 5 rings (SSSR count). The van der Waals surface area contributed by atoms with Crippen LogP contribution in [-0.4, -0.2) is 39.1 Å². The second-order valence-electron chi connectivity index (χ2n) is 10.4. The summed E-state index contributed by atoms with van der Waals surface area (Å²) in [6, 6.07) is 15.1. The van der Waals surface area contributed by atoms with Gasteiger partial charge in [-0.3, -0.25) is 14.5 Å². The number of hydrogen-bond donors (Lipinski definition) is 2. The lowest BCUT2D eigenvalue weighted by Crippen LogP contribution is -2.58. The zero-order valence-electron chi connectivity index (χ0n) is 21.7. The Balaban J connectivity index is 1.68. The highest BCUT2D eigenvalue weighted by Crippen LogP contribution is 2.38. The van der Waals surface area contributed by atoms with E-state index in [2.05, 4.69) is 20.3 Å². The highest BCUT2D eigenvalue weighted by Gasteiger charge is 2.41. The molecule has 1 aromatic heterocycles. The zero-order chi connectivity index (χ0) is 28.1. The van der Waals surface area contributed by atoms with Gasteiger partial charge in [-0.05, 0) is 75.7 Å². The predicted molar refractivity (Wildman–Crippen MR) is 143 cm³/mol. The van der Waals surface area contributed by atoms with Crippen LogP contribution in [0.15, 0.2) is 71.7 Å². The number of nitrogens with zero attached hydrogens (tertiary/aromatic N) is 3. The summed E-state index contributed by atoms with van der Waals surface area (Å²) < 4.78 is 39.8. The molecular formula is C29H26F3N5O2. The number of benzene rings is 3. The molecule has 1 unspecified atom stereocenters. The first-order valence-electron chi connectivity index (χ1n) is 12.3. The first-order chi connectivity index (χ1) is 18.3. The Hall–Kier alpha value is -4.47. The number of rotatable bonds is 3. The van der Waals surface area contributed by atoms with E-state index in [4.69, 9.17) is 0 Å². The molecule has 10 heteroatoms. The highest BCUT2D eigenvalue weighted by atomic mass is 19.4.